The first-order valence-corrected chi connectivity index (χ1v) is 26.2. The number of nitro groups is 1. The van der Waals surface area contributed by atoms with E-state index in [0.29, 0.717) is 86.8 Å². The molecule has 33 heteroatoms. The van der Waals surface area contributed by atoms with E-state index in [1.54, 1.807) is 28.1 Å². The standard InChI is InChI=1S/C22H34N6O7.C10H14N5O5P.C10H18N3O5P/c1-14(29)22(2,32)21(31)15(23)8-5-7-13-25-18(30)9-4-3-6-12-24-16-10-11-17(28(33)34)20-19(16)26-35-27-20;11-9-8-10(13-4-12-9)15(5-14-8)7-2-1-6(20-7)3-19-21(16,17)18;1-13(5-4-9(11)12-7-14)10-3-2-8(18-10)6-17-19(15)16/h10-11,14-15,24,29,32H,3-9,12-13,23H2,1-2H3,(H,25,30);4-7H,1-3H2,(H2,11,12,13)(H2,16,17,18);4-5,7-8,10,15-16H,2-3,6H2,1H3,(H2,11,12,14)/b;;5-4-. The number of nitro benzene ring substituents is 1. The number of phosphoric ester groups is 1. The number of Topliss-reactive ketones (excluding diaryl/α,β-unsaturated/α-hetero) is 1. The summed E-state index contributed by atoms with van der Waals surface area (Å²) < 4.78 is 37.6. The monoisotopic (exact) mass is 1100 g/mol. The fourth-order valence-electron chi connectivity index (χ4n) is 7.40. The Morgan fingerprint density at radius 3 is 2.45 bits per heavy atom. The molecule has 0 saturated carbocycles. The maximum absolute atomic E-state index is 12.1. The molecule has 75 heavy (non-hydrogen) atoms. The number of benzene rings is 1. The van der Waals surface area contributed by atoms with Gasteiger partial charge in [0.2, 0.25) is 17.8 Å². The second-order valence-corrected chi connectivity index (χ2v) is 19.4. The molecule has 416 valence electrons. The zero-order chi connectivity index (χ0) is 55.3. The van der Waals surface area contributed by atoms with E-state index in [-0.39, 0.29) is 66.6 Å². The van der Waals surface area contributed by atoms with E-state index in [4.69, 9.17) is 50.8 Å². The van der Waals surface area contributed by atoms with Gasteiger partial charge in [-0.25, -0.2) is 24.1 Å². The van der Waals surface area contributed by atoms with E-state index < -0.39 is 44.9 Å². The molecule has 6 rings (SSSR count). The Labute approximate surface area is 430 Å². The molecule has 31 nitrogen and oxygen atoms in total. The number of carbonyl (C=O) groups is 3. The maximum atomic E-state index is 12.1. The Hall–Kier alpha value is -5.79. The summed E-state index contributed by atoms with van der Waals surface area (Å²) in [5.74, 6) is -0.244. The number of amidine groups is 1. The number of aliphatic hydroxyl groups is 2. The number of nitrogens with two attached hydrogens (primary N) is 3. The molecule has 2 saturated heterocycles. The summed E-state index contributed by atoms with van der Waals surface area (Å²) in [6.07, 6.45) is 11.4. The lowest BCUT2D eigenvalue weighted by molar-refractivity contribution is -0.383. The third-order valence-electron chi connectivity index (χ3n) is 11.7. The van der Waals surface area contributed by atoms with E-state index in [9.17, 15) is 39.3 Å². The molecule has 0 bridgehead atoms. The maximum Gasteiger partial charge on any atom is 0.469 e. The zero-order valence-corrected chi connectivity index (χ0v) is 43.2. The van der Waals surface area contributed by atoms with Crippen LogP contribution in [0.1, 0.15) is 90.7 Å². The number of hydrogen-bond donors (Lipinski definition) is 11. The zero-order valence-electron chi connectivity index (χ0n) is 41.4. The van der Waals surface area contributed by atoms with Gasteiger partial charge in [-0.2, -0.15) is 4.99 Å². The minimum Gasteiger partial charge on any atom is -0.390 e. The molecule has 0 radical (unpaired) electrons. The molecule has 14 N–H and O–H groups in total. The molecular formula is C42H66N14O17P2. The van der Waals surface area contributed by atoms with E-state index in [1.165, 1.54) is 32.3 Å². The van der Waals surface area contributed by atoms with Crippen LogP contribution in [0.2, 0.25) is 0 Å². The van der Waals surface area contributed by atoms with Crippen molar-refractivity contribution in [1.29, 1.82) is 0 Å². The van der Waals surface area contributed by atoms with Gasteiger partial charge in [0.05, 0.1) is 54.5 Å². The summed E-state index contributed by atoms with van der Waals surface area (Å²) >= 11 is 0. The highest BCUT2D eigenvalue weighted by Crippen LogP contribution is 2.39. The van der Waals surface area contributed by atoms with Gasteiger partial charge in [0, 0.05) is 38.8 Å². The second-order valence-electron chi connectivity index (χ2n) is 17.4. The number of phosphoric acid groups is 1. The third-order valence-corrected chi connectivity index (χ3v) is 12.6. The number of aromatic nitrogens is 6. The lowest BCUT2D eigenvalue weighted by Gasteiger charge is -2.27. The van der Waals surface area contributed by atoms with Crippen molar-refractivity contribution in [3.05, 3.63) is 47.2 Å². The number of rotatable bonds is 27. The quantitative estimate of drug-likeness (QED) is 0.00762. The summed E-state index contributed by atoms with van der Waals surface area (Å²) in [5.41, 5.74) is 17.0. The number of non-ortho nitro benzene ring substituents is 1. The number of aliphatic imine (C=N–C) groups is 1. The van der Waals surface area contributed by atoms with Gasteiger partial charge in [0.25, 0.3) is 0 Å². The molecule has 0 aliphatic carbocycles. The van der Waals surface area contributed by atoms with E-state index in [2.05, 4.69) is 50.0 Å². The lowest BCUT2D eigenvalue weighted by Crippen LogP contribution is -2.52. The van der Waals surface area contributed by atoms with Crippen LogP contribution in [0.3, 0.4) is 0 Å². The Balaban J connectivity index is 0.000000260. The molecule has 3 aromatic heterocycles. The Morgan fingerprint density at radius 2 is 1.76 bits per heavy atom. The van der Waals surface area contributed by atoms with Gasteiger partial charge in [-0.3, -0.25) is 33.6 Å². The highest BCUT2D eigenvalue weighted by Gasteiger charge is 2.38. The molecule has 5 heterocycles. The predicted molar refractivity (Wildman–Crippen MR) is 268 cm³/mol. The summed E-state index contributed by atoms with van der Waals surface area (Å²) in [6.45, 7) is 3.65. The number of hydrogen-bond acceptors (Lipinski definition) is 24. The molecule has 2 fully saturated rings. The number of ketones is 1. The minimum absolute atomic E-state index is 0.0545. The van der Waals surface area contributed by atoms with Gasteiger partial charge in [0.15, 0.2) is 22.8 Å². The van der Waals surface area contributed by atoms with Crippen molar-refractivity contribution in [3.8, 4) is 0 Å². The predicted octanol–water partition coefficient (Wildman–Crippen LogP) is 1.29. The molecule has 7 unspecified atom stereocenters. The normalized spacial score (nSPS) is 19.5. The van der Waals surface area contributed by atoms with Crippen molar-refractivity contribution >= 4 is 79.8 Å². The number of anilines is 2. The third kappa shape index (κ3) is 20.0. The second kappa shape index (κ2) is 30.1. The van der Waals surface area contributed by atoms with Gasteiger partial charge < -0.3 is 76.5 Å². The van der Waals surface area contributed by atoms with E-state index in [1.807, 2.05) is 7.05 Å². The average molecular weight is 1100 g/mol. The number of nitrogens with one attached hydrogen (secondary N) is 2. The number of aliphatic hydroxyl groups excluding tert-OH is 1. The van der Waals surface area contributed by atoms with Crippen molar-refractivity contribution in [1.82, 2.24) is 40.0 Å². The molecular weight excluding hydrogens is 1030 g/mol. The highest BCUT2D eigenvalue weighted by atomic mass is 31.2. The van der Waals surface area contributed by atoms with Crippen LogP contribution in [0.15, 0.2) is 46.7 Å². The van der Waals surface area contributed by atoms with Gasteiger partial charge in [-0.15, -0.1) is 0 Å². The van der Waals surface area contributed by atoms with Crippen LogP contribution in [0.4, 0.5) is 17.2 Å². The molecule has 7 atom stereocenters. The number of fused-ring (bicyclic) bond motifs is 2. The van der Waals surface area contributed by atoms with Gasteiger partial charge in [-0.05, 0) is 94.1 Å². The van der Waals surface area contributed by atoms with Crippen LogP contribution >= 0.6 is 16.4 Å². The number of amides is 2. The topological polar surface area (TPSA) is 470 Å². The minimum atomic E-state index is -4.48. The van der Waals surface area contributed by atoms with Crippen LogP contribution in [0.5, 0.6) is 0 Å². The van der Waals surface area contributed by atoms with Crippen LogP contribution in [-0.2, 0) is 37.5 Å². The average Bonchev–Trinajstić information content (AvgIpc) is 4.21. The molecule has 0 spiro atoms. The Morgan fingerprint density at radius 1 is 1.05 bits per heavy atom. The fourth-order valence-corrected chi connectivity index (χ4v) is 8.06. The Bertz CT molecular complexity index is 2580. The molecule has 2 aliphatic rings. The summed E-state index contributed by atoms with van der Waals surface area (Å²) in [4.78, 5) is 96.6. The van der Waals surface area contributed by atoms with Crippen molar-refractivity contribution in [2.75, 3.05) is 44.4 Å². The number of unbranched alkanes of at least 4 members (excludes halogenated alkanes) is 3. The van der Waals surface area contributed by atoms with Crippen molar-refractivity contribution in [2.24, 2.45) is 16.5 Å². The molecule has 2 aliphatic heterocycles. The number of nitrogens with zero attached hydrogens (tertiary/aromatic N) is 9. The van der Waals surface area contributed by atoms with Gasteiger partial charge in [-0.1, -0.05) is 6.42 Å². The largest absolute Gasteiger partial charge is 0.469 e. The Kier molecular flexibility index (Phi) is 24.8. The van der Waals surface area contributed by atoms with Gasteiger partial charge >= 0.3 is 22.1 Å². The van der Waals surface area contributed by atoms with E-state index >= 15 is 0 Å². The SMILES string of the molecule is CC(O)C(C)(O)C(=O)C(N)CCCCNC(=O)CCCCCNc1ccc([N+](=O)[O-])c2nonc12.CN(/C=C\C(N)=NC=O)C1CCC(COP(O)O)O1.Nc1ncnc2c1ncn2C1CCC(COP(=O)(O)O)O1. The molecule has 4 aromatic rings. The first-order valence-electron chi connectivity index (χ1n) is 23.5. The van der Waals surface area contributed by atoms with E-state index in [0.717, 1.165) is 25.7 Å². The lowest BCUT2D eigenvalue weighted by atomic mass is 9.88. The van der Waals surface area contributed by atoms with Crippen molar-refractivity contribution < 1.29 is 76.8 Å². The summed E-state index contributed by atoms with van der Waals surface area (Å²) in [6, 6.07) is 2.05. The van der Waals surface area contributed by atoms with Crippen molar-refractivity contribution in [2.45, 2.75) is 127 Å². The van der Waals surface area contributed by atoms with Crippen LogP contribution in [0, 0.1) is 10.1 Å². The highest BCUT2D eigenvalue weighted by molar-refractivity contribution is 7.46. The fraction of sp³-hybridized carbons (Fsp3) is 0.595. The number of carbonyl (C=O) groups excluding carboxylic acids is 3. The van der Waals surface area contributed by atoms with Crippen LogP contribution < -0.4 is 27.8 Å². The number of imidazole rings is 1. The number of ether oxygens (including phenoxy) is 2. The first kappa shape index (κ1) is 61.8. The van der Waals surface area contributed by atoms with Crippen LogP contribution in [0.25, 0.3) is 22.2 Å². The molecule has 1 aromatic carbocycles. The van der Waals surface area contributed by atoms with Gasteiger partial charge in [0.1, 0.15) is 35.7 Å². The van der Waals surface area contributed by atoms with Crippen molar-refractivity contribution in [3.63, 3.8) is 0 Å². The summed E-state index contributed by atoms with van der Waals surface area (Å²) in [5, 5.41) is 43.8. The van der Waals surface area contributed by atoms with Crippen LogP contribution in [-0.4, -0.2) is 163 Å². The summed E-state index contributed by atoms with van der Waals surface area (Å²) in [7, 11) is -5.01. The number of nitrogen functional groups attached to an aromatic ring is 1. The first-order chi connectivity index (χ1) is 35.5. The molecule has 2 amide bonds. The smallest absolute Gasteiger partial charge is 0.390 e.